The molecule has 0 radical (unpaired) electrons. The van der Waals surface area contributed by atoms with Crippen LogP contribution >= 0.6 is 0 Å². The van der Waals surface area contributed by atoms with Crippen LogP contribution in [0.4, 0.5) is 0 Å². The van der Waals surface area contributed by atoms with Crippen LogP contribution in [0.25, 0.3) is 0 Å². The molecule has 0 N–H and O–H groups in total. The molecule has 1 unspecified atom stereocenters. The molecule has 2 atom stereocenters. The molecular formula is C6H8O3. The van der Waals surface area contributed by atoms with E-state index >= 15 is 0 Å². The second kappa shape index (κ2) is 1.83. The molecule has 1 aliphatic rings. The maximum atomic E-state index is 10.6. The third kappa shape index (κ3) is 0.823. The molecule has 1 heterocycles. The van der Waals surface area contributed by atoms with Crippen LogP contribution in [0.5, 0.6) is 0 Å². The summed E-state index contributed by atoms with van der Waals surface area (Å²) in [5, 5.41) is 0. The Labute approximate surface area is 53.0 Å². The van der Waals surface area contributed by atoms with E-state index in [1.54, 1.807) is 13.8 Å². The van der Waals surface area contributed by atoms with Gasteiger partial charge < -0.3 is 4.74 Å². The minimum Gasteiger partial charge on any atom is -0.393 e. The van der Waals surface area contributed by atoms with Gasteiger partial charge in [0.25, 0.3) is 0 Å². The van der Waals surface area contributed by atoms with E-state index < -0.39 is 11.9 Å². The van der Waals surface area contributed by atoms with E-state index in [0.717, 1.165) is 0 Å². The Balaban J connectivity index is 2.77. The van der Waals surface area contributed by atoms with Gasteiger partial charge in [-0.2, -0.15) is 0 Å². The zero-order valence-electron chi connectivity index (χ0n) is 5.38. The average Bonchev–Trinajstić information content (AvgIpc) is 1.98. The zero-order chi connectivity index (χ0) is 7.02. The standard InChI is InChI=1S/C6H8O3/c1-3-4(2)6(8)9-5(3)7/h3-4H,1-2H3/t3-,4?/m1/s1. The van der Waals surface area contributed by atoms with Crippen LogP contribution in [-0.4, -0.2) is 11.9 Å². The first-order chi connectivity index (χ1) is 4.13. The van der Waals surface area contributed by atoms with Crippen molar-refractivity contribution in [2.45, 2.75) is 13.8 Å². The molecule has 0 aromatic rings. The molecule has 0 aromatic carbocycles. The predicted octanol–water partition coefficient (Wildman–Crippen LogP) is 0.342. The fraction of sp³-hybridized carbons (Fsp3) is 0.667. The highest BCUT2D eigenvalue weighted by Crippen LogP contribution is 2.21. The Hall–Kier alpha value is -0.860. The molecule has 1 rings (SSSR count). The number of esters is 2. The van der Waals surface area contributed by atoms with Gasteiger partial charge in [0.2, 0.25) is 0 Å². The highest BCUT2D eigenvalue weighted by molar-refractivity contribution is 5.95. The normalized spacial score (nSPS) is 34.9. The predicted molar refractivity (Wildman–Crippen MR) is 29.4 cm³/mol. The average molecular weight is 128 g/mol. The van der Waals surface area contributed by atoms with E-state index in [0.29, 0.717) is 0 Å². The highest BCUT2D eigenvalue weighted by Gasteiger charge is 2.37. The maximum absolute atomic E-state index is 10.6. The van der Waals surface area contributed by atoms with Gasteiger partial charge in [0.15, 0.2) is 0 Å². The van der Waals surface area contributed by atoms with Gasteiger partial charge in [0, 0.05) is 0 Å². The summed E-state index contributed by atoms with van der Waals surface area (Å²) in [5.41, 5.74) is 0. The first-order valence-electron chi connectivity index (χ1n) is 2.88. The van der Waals surface area contributed by atoms with Crippen LogP contribution in [0.2, 0.25) is 0 Å². The topological polar surface area (TPSA) is 43.4 Å². The summed E-state index contributed by atoms with van der Waals surface area (Å²) in [6.45, 7) is 3.38. The molecule has 1 aliphatic heterocycles. The molecular weight excluding hydrogens is 120 g/mol. The Morgan fingerprint density at radius 1 is 1.11 bits per heavy atom. The Bertz CT molecular complexity index is 144. The molecule has 50 valence electrons. The summed E-state index contributed by atoms with van der Waals surface area (Å²) in [4.78, 5) is 21.1. The van der Waals surface area contributed by atoms with Crippen molar-refractivity contribution in [2.24, 2.45) is 11.8 Å². The molecule has 3 nitrogen and oxygen atoms in total. The van der Waals surface area contributed by atoms with Gasteiger partial charge >= 0.3 is 11.9 Å². The van der Waals surface area contributed by atoms with Crippen molar-refractivity contribution in [3.63, 3.8) is 0 Å². The third-order valence-electron chi connectivity index (χ3n) is 1.69. The van der Waals surface area contributed by atoms with E-state index in [9.17, 15) is 9.59 Å². The van der Waals surface area contributed by atoms with Crippen molar-refractivity contribution in [1.82, 2.24) is 0 Å². The maximum Gasteiger partial charge on any atom is 0.317 e. The van der Waals surface area contributed by atoms with Crippen LogP contribution in [0.1, 0.15) is 13.8 Å². The van der Waals surface area contributed by atoms with E-state index in [1.165, 1.54) is 0 Å². The summed E-state index contributed by atoms with van der Waals surface area (Å²) >= 11 is 0. The van der Waals surface area contributed by atoms with Crippen molar-refractivity contribution in [3.05, 3.63) is 0 Å². The molecule has 0 amide bonds. The van der Waals surface area contributed by atoms with Gasteiger partial charge in [-0.25, -0.2) is 0 Å². The molecule has 0 aromatic heterocycles. The zero-order valence-corrected chi connectivity index (χ0v) is 5.38. The first-order valence-corrected chi connectivity index (χ1v) is 2.88. The van der Waals surface area contributed by atoms with Gasteiger partial charge in [0.05, 0.1) is 11.8 Å². The van der Waals surface area contributed by atoms with Gasteiger partial charge in [0.1, 0.15) is 0 Å². The van der Waals surface area contributed by atoms with Crippen LogP contribution in [0.15, 0.2) is 0 Å². The summed E-state index contributed by atoms with van der Waals surface area (Å²) in [7, 11) is 0. The monoisotopic (exact) mass is 128 g/mol. The number of carbonyl (C=O) groups excluding carboxylic acids is 2. The second-order valence-electron chi connectivity index (χ2n) is 2.32. The summed E-state index contributed by atoms with van der Waals surface area (Å²) in [5.74, 6) is -1.30. The number of hydrogen-bond donors (Lipinski definition) is 0. The number of carbonyl (C=O) groups is 2. The lowest BCUT2D eigenvalue weighted by molar-refractivity contribution is -0.153. The molecule has 0 bridgehead atoms. The van der Waals surface area contributed by atoms with Gasteiger partial charge in [-0.15, -0.1) is 0 Å². The first kappa shape index (κ1) is 6.26. The number of cyclic esters (lactones) is 2. The number of ether oxygens (including phenoxy) is 1. The van der Waals surface area contributed by atoms with E-state index in [4.69, 9.17) is 0 Å². The quantitative estimate of drug-likeness (QED) is 0.349. The van der Waals surface area contributed by atoms with E-state index in [1.807, 2.05) is 0 Å². The number of rotatable bonds is 0. The van der Waals surface area contributed by atoms with Crippen molar-refractivity contribution in [1.29, 1.82) is 0 Å². The summed E-state index contributed by atoms with van der Waals surface area (Å²) in [6.07, 6.45) is 0. The van der Waals surface area contributed by atoms with Crippen molar-refractivity contribution in [2.75, 3.05) is 0 Å². The molecule has 1 saturated heterocycles. The molecule has 0 spiro atoms. The lowest BCUT2D eigenvalue weighted by Crippen LogP contribution is -2.09. The van der Waals surface area contributed by atoms with E-state index in [2.05, 4.69) is 4.74 Å². The van der Waals surface area contributed by atoms with Gasteiger partial charge in [-0.3, -0.25) is 9.59 Å². The summed E-state index contributed by atoms with van der Waals surface area (Å²) in [6, 6.07) is 0. The summed E-state index contributed by atoms with van der Waals surface area (Å²) < 4.78 is 4.31. The van der Waals surface area contributed by atoms with Crippen LogP contribution in [-0.2, 0) is 14.3 Å². The van der Waals surface area contributed by atoms with Gasteiger partial charge in [-0.05, 0) is 0 Å². The highest BCUT2D eigenvalue weighted by atomic mass is 16.6. The third-order valence-corrected chi connectivity index (χ3v) is 1.69. The smallest absolute Gasteiger partial charge is 0.317 e. The number of hydrogen-bond acceptors (Lipinski definition) is 3. The Morgan fingerprint density at radius 3 is 1.56 bits per heavy atom. The van der Waals surface area contributed by atoms with Crippen LogP contribution < -0.4 is 0 Å². The molecule has 0 saturated carbocycles. The molecule has 1 fully saturated rings. The second-order valence-corrected chi connectivity index (χ2v) is 2.32. The minimum atomic E-state index is -0.396. The lowest BCUT2D eigenvalue weighted by Gasteiger charge is -1.96. The SMILES string of the molecule is CC1C(=O)OC(=O)[C@@H]1C. The molecule has 0 aliphatic carbocycles. The van der Waals surface area contributed by atoms with E-state index in [-0.39, 0.29) is 11.8 Å². The van der Waals surface area contributed by atoms with Crippen LogP contribution in [0.3, 0.4) is 0 Å². The van der Waals surface area contributed by atoms with Crippen molar-refractivity contribution in [3.8, 4) is 0 Å². The van der Waals surface area contributed by atoms with Crippen LogP contribution in [0, 0.1) is 11.8 Å². The largest absolute Gasteiger partial charge is 0.393 e. The van der Waals surface area contributed by atoms with Crippen molar-refractivity contribution >= 4 is 11.9 Å². The molecule has 9 heavy (non-hydrogen) atoms. The fourth-order valence-electron chi connectivity index (χ4n) is 0.693. The molecule has 3 heteroatoms. The van der Waals surface area contributed by atoms with Crippen molar-refractivity contribution < 1.29 is 14.3 Å². The Morgan fingerprint density at radius 2 is 1.44 bits per heavy atom. The Kier molecular flexibility index (Phi) is 1.27. The minimum absolute atomic E-state index is 0.252. The van der Waals surface area contributed by atoms with Gasteiger partial charge in [-0.1, -0.05) is 13.8 Å². The lowest BCUT2D eigenvalue weighted by atomic mass is 10.00. The fourth-order valence-corrected chi connectivity index (χ4v) is 0.693.